The first-order chi connectivity index (χ1) is 8.49. The van der Waals surface area contributed by atoms with Crippen molar-refractivity contribution in [1.29, 1.82) is 0 Å². The average molecular weight is 307 g/mol. The molecule has 0 aliphatic carbocycles. The second-order valence-corrected chi connectivity index (χ2v) is 4.28. The average Bonchev–Trinajstić information content (AvgIpc) is 2.29. The van der Waals surface area contributed by atoms with Crippen LogP contribution in [0.2, 0.25) is 0 Å². The maximum atomic E-state index is 11.4. The van der Waals surface area contributed by atoms with Crippen molar-refractivity contribution in [2.45, 2.75) is 0 Å². The van der Waals surface area contributed by atoms with E-state index < -0.39 is 11.9 Å². The van der Waals surface area contributed by atoms with Gasteiger partial charge in [-0.25, -0.2) is 4.79 Å². The number of hydrogen-bond donors (Lipinski definition) is 2. The number of benzene rings is 1. The largest absolute Gasteiger partial charge is 1.00 e. The van der Waals surface area contributed by atoms with Gasteiger partial charge in [-0.1, -0.05) is 0 Å². The van der Waals surface area contributed by atoms with Crippen LogP contribution in [0.1, 0.15) is 10.4 Å². The molecule has 19 heavy (non-hydrogen) atoms. The predicted octanol–water partition coefficient (Wildman–Crippen LogP) is -3.19. The molecule has 0 bridgehead atoms. The molecular weight excluding hydrogens is 297 g/mol. The molecule has 0 saturated heterocycles. The summed E-state index contributed by atoms with van der Waals surface area (Å²) in [7, 11) is 0. The van der Waals surface area contributed by atoms with Gasteiger partial charge in [-0.2, -0.15) is 0 Å². The van der Waals surface area contributed by atoms with Gasteiger partial charge >= 0.3 is 57.4 Å². The molecule has 0 aliphatic rings. The summed E-state index contributed by atoms with van der Waals surface area (Å²) >= 11 is 0.929. The number of nitrogens with one attached hydrogen (secondary N) is 1. The van der Waals surface area contributed by atoms with Crippen molar-refractivity contribution < 1.29 is 76.0 Å². The standard InChI is InChI=1S/C11H11NO5S.K/c13-9(5-18-6-10(14)15)12-8-3-1-7(2-4-8)11(16)17;/h1-4H,5-6H2,(H,12,13)(H,14,15)(H,16,17);/q;+1/p-1. The molecule has 0 atom stereocenters. The Morgan fingerprint density at radius 1 is 1.16 bits per heavy atom. The first-order valence-corrected chi connectivity index (χ1v) is 6.05. The van der Waals surface area contributed by atoms with Crippen LogP contribution in [0.5, 0.6) is 0 Å². The number of carbonyl (C=O) groups excluding carboxylic acids is 2. The second kappa shape index (κ2) is 9.51. The van der Waals surface area contributed by atoms with E-state index in [2.05, 4.69) is 5.32 Å². The molecule has 0 radical (unpaired) electrons. The van der Waals surface area contributed by atoms with Gasteiger partial charge in [0.05, 0.1) is 17.3 Å². The van der Waals surface area contributed by atoms with E-state index in [-0.39, 0.29) is 74.4 Å². The Balaban J connectivity index is 0.00000324. The minimum absolute atomic E-state index is 0. The molecule has 0 fully saturated rings. The Morgan fingerprint density at radius 2 is 1.74 bits per heavy atom. The molecule has 96 valence electrons. The zero-order chi connectivity index (χ0) is 13.5. The van der Waals surface area contributed by atoms with Crippen LogP contribution in [-0.2, 0) is 9.59 Å². The van der Waals surface area contributed by atoms with Crippen molar-refractivity contribution in [2.75, 3.05) is 16.8 Å². The fraction of sp³-hybridized carbons (Fsp3) is 0.182. The molecule has 2 N–H and O–H groups in total. The van der Waals surface area contributed by atoms with Crippen LogP contribution in [0.3, 0.4) is 0 Å². The molecule has 0 aromatic heterocycles. The Morgan fingerprint density at radius 3 is 2.21 bits per heavy atom. The van der Waals surface area contributed by atoms with E-state index in [0.717, 1.165) is 11.8 Å². The third-order valence-electron chi connectivity index (χ3n) is 1.87. The number of rotatable bonds is 6. The monoisotopic (exact) mass is 307 g/mol. The molecule has 1 aromatic carbocycles. The molecule has 0 spiro atoms. The van der Waals surface area contributed by atoms with Gasteiger partial charge < -0.3 is 20.3 Å². The first kappa shape index (κ1) is 18.6. The zero-order valence-corrected chi connectivity index (χ0v) is 14.2. The Kier molecular flexibility index (Phi) is 9.32. The Bertz CT molecular complexity index is 463. The summed E-state index contributed by atoms with van der Waals surface area (Å²) in [6.45, 7) is 0. The molecular formula is C11H10KNO5S. The fourth-order valence-electron chi connectivity index (χ4n) is 1.12. The van der Waals surface area contributed by atoms with Gasteiger partial charge in [-0.15, -0.1) is 11.8 Å². The van der Waals surface area contributed by atoms with Crippen molar-refractivity contribution in [3.8, 4) is 0 Å². The molecule has 6 nitrogen and oxygen atoms in total. The number of carboxylic acids is 2. The number of hydrogen-bond acceptors (Lipinski definition) is 5. The van der Waals surface area contributed by atoms with Gasteiger partial charge in [0.2, 0.25) is 5.91 Å². The Labute approximate surface area is 156 Å². The molecule has 0 unspecified atom stereocenters. The number of aliphatic carboxylic acids is 1. The fourth-order valence-corrected chi connectivity index (χ4v) is 1.65. The van der Waals surface area contributed by atoms with E-state index in [4.69, 9.17) is 5.11 Å². The van der Waals surface area contributed by atoms with E-state index >= 15 is 0 Å². The molecule has 0 aliphatic heterocycles. The zero-order valence-electron chi connectivity index (χ0n) is 10.2. The quantitative estimate of drug-likeness (QED) is 0.537. The van der Waals surface area contributed by atoms with Crippen LogP contribution >= 0.6 is 11.8 Å². The van der Waals surface area contributed by atoms with Crippen molar-refractivity contribution in [3.63, 3.8) is 0 Å². The second-order valence-electron chi connectivity index (χ2n) is 3.30. The number of aromatic carboxylic acids is 1. The Hall–Kier alpha value is -0.384. The van der Waals surface area contributed by atoms with Crippen molar-refractivity contribution in [1.82, 2.24) is 0 Å². The number of thioether (sulfide) groups is 1. The third-order valence-corrected chi connectivity index (χ3v) is 2.77. The topological polar surface area (TPSA) is 107 Å². The number of amides is 1. The summed E-state index contributed by atoms with van der Waals surface area (Å²) in [4.78, 5) is 32.1. The minimum Gasteiger partial charge on any atom is -0.549 e. The summed E-state index contributed by atoms with van der Waals surface area (Å²) in [5.41, 5.74) is 0.582. The predicted molar refractivity (Wildman–Crippen MR) is 64.4 cm³/mol. The number of anilines is 1. The van der Waals surface area contributed by atoms with E-state index in [9.17, 15) is 19.5 Å². The van der Waals surface area contributed by atoms with Crippen LogP contribution in [0.4, 0.5) is 5.69 Å². The van der Waals surface area contributed by atoms with E-state index in [1.807, 2.05) is 0 Å². The minimum atomic E-state index is -1.22. The summed E-state index contributed by atoms with van der Waals surface area (Å²) in [6.07, 6.45) is 0. The third kappa shape index (κ3) is 7.70. The molecule has 0 heterocycles. The van der Waals surface area contributed by atoms with Crippen molar-refractivity contribution >= 4 is 35.3 Å². The van der Waals surface area contributed by atoms with Gasteiger partial charge in [-0.05, 0) is 24.3 Å². The summed E-state index contributed by atoms with van der Waals surface area (Å²) in [5, 5.41) is 21.3. The summed E-state index contributed by atoms with van der Waals surface area (Å²) in [6, 6.07) is 5.66. The first-order valence-electron chi connectivity index (χ1n) is 4.90. The van der Waals surface area contributed by atoms with E-state index in [0.29, 0.717) is 5.69 Å². The number of carboxylic acid groups (broad SMARTS) is 2. The molecule has 0 saturated carbocycles. The molecule has 1 rings (SSSR count). The van der Waals surface area contributed by atoms with Gasteiger partial charge in [-0.3, -0.25) is 4.79 Å². The summed E-state index contributed by atoms with van der Waals surface area (Å²) < 4.78 is 0. The molecule has 1 aromatic rings. The maximum Gasteiger partial charge on any atom is 1.00 e. The normalized spacial score (nSPS) is 9.26. The van der Waals surface area contributed by atoms with Gasteiger partial charge in [0.15, 0.2) is 0 Å². The van der Waals surface area contributed by atoms with Crippen LogP contribution in [0.25, 0.3) is 0 Å². The van der Waals surface area contributed by atoms with E-state index in [1.165, 1.54) is 24.3 Å². The van der Waals surface area contributed by atoms with Crippen LogP contribution in [-0.4, -0.2) is 34.5 Å². The van der Waals surface area contributed by atoms with Crippen molar-refractivity contribution in [2.24, 2.45) is 0 Å². The number of carbonyl (C=O) groups is 3. The van der Waals surface area contributed by atoms with Gasteiger partial charge in [0.25, 0.3) is 0 Å². The van der Waals surface area contributed by atoms with Gasteiger partial charge in [0.1, 0.15) is 0 Å². The summed E-state index contributed by atoms with van der Waals surface area (Å²) in [5.74, 6) is -2.87. The molecule has 8 heteroatoms. The van der Waals surface area contributed by atoms with Crippen LogP contribution in [0.15, 0.2) is 24.3 Å². The maximum absolute atomic E-state index is 11.4. The van der Waals surface area contributed by atoms with E-state index in [1.54, 1.807) is 0 Å². The van der Waals surface area contributed by atoms with Crippen LogP contribution < -0.4 is 61.8 Å². The van der Waals surface area contributed by atoms with Crippen LogP contribution in [0, 0.1) is 0 Å². The SMILES string of the molecule is O=C([O-])CSCC(=O)Nc1ccc(C(=O)O)cc1.[K+]. The van der Waals surface area contributed by atoms with Crippen molar-refractivity contribution in [3.05, 3.63) is 29.8 Å². The van der Waals surface area contributed by atoms with Gasteiger partial charge in [0, 0.05) is 11.4 Å². The smallest absolute Gasteiger partial charge is 0.549 e. The molecule has 1 amide bonds.